The molecule has 0 aliphatic carbocycles. The van der Waals surface area contributed by atoms with E-state index in [2.05, 4.69) is 23.8 Å². The highest BCUT2D eigenvalue weighted by atomic mass is 16.5. The van der Waals surface area contributed by atoms with Crippen molar-refractivity contribution in [3.8, 4) is 0 Å². The molecule has 3 rings (SSSR count). The number of rotatable bonds is 2. The van der Waals surface area contributed by atoms with Crippen molar-refractivity contribution in [2.24, 2.45) is 7.05 Å². The number of morpholine rings is 1. The molecule has 0 atom stereocenters. The number of hydrogen-bond donors (Lipinski definition) is 0. The predicted octanol–water partition coefficient (Wildman–Crippen LogP) is 0.355. The summed E-state index contributed by atoms with van der Waals surface area (Å²) in [6, 6.07) is 2.28. The van der Waals surface area contributed by atoms with E-state index in [1.54, 1.807) is 24.0 Å². The van der Waals surface area contributed by atoms with Crippen LogP contribution in [0.5, 0.6) is 0 Å². The lowest BCUT2D eigenvalue weighted by Gasteiger charge is -2.54. The van der Waals surface area contributed by atoms with Crippen LogP contribution in [0, 0.1) is 0 Å². The summed E-state index contributed by atoms with van der Waals surface area (Å²) >= 11 is 0. The van der Waals surface area contributed by atoms with Crippen LogP contribution >= 0.6 is 0 Å². The van der Waals surface area contributed by atoms with Gasteiger partial charge in [-0.05, 0) is 19.9 Å². The first-order chi connectivity index (χ1) is 9.51. The first-order valence-electron chi connectivity index (χ1n) is 7.16. The first kappa shape index (κ1) is 13.6. The third kappa shape index (κ3) is 2.23. The lowest BCUT2D eigenvalue weighted by molar-refractivity contribution is -0.176. The number of nitrogens with zero attached hydrogens (tertiary/aromatic N) is 4. The highest BCUT2D eigenvalue weighted by Gasteiger charge is 2.49. The second kappa shape index (κ2) is 4.86. The summed E-state index contributed by atoms with van der Waals surface area (Å²) in [5.74, 6) is 0.0425. The van der Waals surface area contributed by atoms with Crippen LogP contribution in [0.4, 0.5) is 0 Å². The van der Waals surface area contributed by atoms with E-state index >= 15 is 0 Å². The van der Waals surface area contributed by atoms with E-state index in [-0.39, 0.29) is 11.5 Å². The van der Waals surface area contributed by atoms with E-state index in [0.717, 1.165) is 19.7 Å². The Morgan fingerprint density at radius 1 is 1.40 bits per heavy atom. The van der Waals surface area contributed by atoms with Gasteiger partial charge in [0.25, 0.3) is 5.91 Å². The predicted molar refractivity (Wildman–Crippen MR) is 74.5 cm³/mol. The molecule has 0 saturated carbocycles. The molecule has 0 radical (unpaired) electrons. The van der Waals surface area contributed by atoms with Crippen molar-refractivity contribution in [1.29, 1.82) is 0 Å². The molecule has 1 aromatic rings. The lowest BCUT2D eigenvalue weighted by atomic mass is 9.91. The van der Waals surface area contributed by atoms with Crippen molar-refractivity contribution in [2.45, 2.75) is 25.5 Å². The minimum absolute atomic E-state index is 0.0425. The van der Waals surface area contributed by atoms with Gasteiger partial charge in [-0.25, -0.2) is 0 Å². The smallest absolute Gasteiger partial charge is 0.272 e. The molecule has 1 amide bonds. The molecule has 2 aliphatic rings. The van der Waals surface area contributed by atoms with Crippen LogP contribution in [0.15, 0.2) is 12.3 Å². The fraction of sp³-hybridized carbons (Fsp3) is 0.714. The molecule has 2 fully saturated rings. The van der Waals surface area contributed by atoms with Crippen molar-refractivity contribution < 1.29 is 9.53 Å². The number of likely N-dealkylation sites (tertiary alicyclic amines) is 1. The van der Waals surface area contributed by atoms with Crippen molar-refractivity contribution in [1.82, 2.24) is 19.6 Å². The van der Waals surface area contributed by atoms with Gasteiger partial charge >= 0.3 is 0 Å². The van der Waals surface area contributed by atoms with E-state index in [0.29, 0.717) is 24.8 Å². The summed E-state index contributed by atoms with van der Waals surface area (Å²) in [5.41, 5.74) is 0.480. The van der Waals surface area contributed by atoms with Crippen LogP contribution in [-0.2, 0) is 11.8 Å². The number of aryl methyl sites for hydroxylation is 1. The summed E-state index contributed by atoms with van der Waals surface area (Å²) in [7, 11) is 1.79. The van der Waals surface area contributed by atoms with Gasteiger partial charge < -0.3 is 9.64 Å². The maximum Gasteiger partial charge on any atom is 0.272 e. The maximum atomic E-state index is 12.3. The van der Waals surface area contributed by atoms with Gasteiger partial charge in [0.2, 0.25) is 0 Å². The van der Waals surface area contributed by atoms with Gasteiger partial charge in [0.15, 0.2) is 0 Å². The van der Waals surface area contributed by atoms with Crippen LogP contribution in [0.3, 0.4) is 0 Å². The molecule has 2 saturated heterocycles. The van der Waals surface area contributed by atoms with Crippen molar-refractivity contribution in [3.63, 3.8) is 0 Å². The average molecular weight is 278 g/mol. The molecule has 3 heterocycles. The zero-order valence-corrected chi connectivity index (χ0v) is 12.4. The van der Waals surface area contributed by atoms with Crippen LogP contribution < -0.4 is 0 Å². The number of hydrogen-bond acceptors (Lipinski definition) is 4. The summed E-state index contributed by atoms with van der Waals surface area (Å²) in [5, 5.41) is 4.05. The van der Waals surface area contributed by atoms with E-state index in [1.165, 1.54) is 0 Å². The van der Waals surface area contributed by atoms with E-state index in [1.807, 2.05) is 4.90 Å². The summed E-state index contributed by atoms with van der Waals surface area (Å²) in [4.78, 5) is 16.6. The van der Waals surface area contributed by atoms with E-state index < -0.39 is 0 Å². The van der Waals surface area contributed by atoms with Crippen molar-refractivity contribution in [2.75, 3.05) is 32.8 Å². The van der Waals surface area contributed by atoms with Crippen LogP contribution in [0.1, 0.15) is 24.3 Å². The fourth-order valence-corrected chi connectivity index (χ4v) is 3.04. The standard InChI is InChI=1S/C14H22N4O2/c1-11(2)17-6-7-20-14(8-17)9-18(10-14)13(19)12-4-5-15-16(12)3/h4-5,11H,6-10H2,1-3H3. The highest BCUT2D eigenvalue weighted by Crippen LogP contribution is 2.30. The molecule has 110 valence electrons. The number of amides is 1. The zero-order chi connectivity index (χ0) is 14.3. The topological polar surface area (TPSA) is 50.6 Å². The lowest BCUT2D eigenvalue weighted by Crippen LogP contribution is -2.71. The highest BCUT2D eigenvalue weighted by molar-refractivity contribution is 5.93. The largest absolute Gasteiger partial charge is 0.369 e. The summed E-state index contributed by atoms with van der Waals surface area (Å²) < 4.78 is 7.57. The van der Waals surface area contributed by atoms with Crippen molar-refractivity contribution in [3.05, 3.63) is 18.0 Å². The van der Waals surface area contributed by atoms with Gasteiger partial charge in [-0.1, -0.05) is 0 Å². The van der Waals surface area contributed by atoms with Crippen molar-refractivity contribution >= 4 is 5.91 Å². The molecule has 6 heteroatoms. The quantitative estimate of drug-likeness (QED) is 0.783. The molecule has 0 unspecified atom stereocenters. The molecule has 2 aliphatic heterocycles. The first-order valence-corrected chi connectivity index (χ1v) is 7.16. The SMILES string of the molecule is CC(C)N1CCOC2(CN(C(=O)c3ccnn3C)C2)C1. The Balaban J connectivity index is 1.63. The molecule has 1 aromatic heterocycles. The molecule has 6 nitrogen and oxygen atoms in total. The van der Waals surface area contributed by atoms with Gasteiger partial charge in [-0.15, -0.1) is 0 Å². The summed E-state index contributed by atoms with van der Waals surface area (Å²) in [6.07, 6.45) is 1.65. The normalized spacial score (nSPS) is 22.3. The van der Waals surface area contributed by atoms with Gasteiger partial charge in [0.05, 0.1) is 19.7 Å². The molecule has 0 N–H and O–H groups in total. The second-order valence-electron chi connectivity index (χ2n) is 6.10. The Hall–Kier alpha value is -1.40. The third-order valence-electron chi connectivity index (χ3n) is 4.29. The van der Waals surface area contributed by atoms with Gasteiger partial charge in [0, 0.05) is 32.4 Å². The minimum Gasteiger partial charge on any atom is -0.369 e. The molecular formula is C14H22N4O2. The average Bonchev–Trinajstić information content (AvgIpc) is 2.81. The van der Waals surface area contributed by atoms with Gasteiger partial charge in [-0.2, -0.15) is 5.10 Å². The second-order valence-corrected chi connectivity index (χ2v) is 6.10. The Morgan fingerprint density at radius 2 is 2.15 bits per heavy atom. The maximum absolute atomic E-state index is 12.3. The number of aromatic nitrogens is 2. The van der Waals surface area contributed by atoms with Crippen LogP contribution in [0.25, 0.3) is 0 Å². The molecule has 1 spiro atoms. The van der Waals surface area contributed by atoms with E-state index in [4.69, 9.17) is 4.74 Å². The molecule has 20 heavy (non-hydrogen) atoms. The fourth-order valence-electron chi connectivity index (χ4n) is 3.04. The van der Waals surface area contributed by atoms with Crippen LogP contribution in [-0.4, -0.2) is 69.9 Å². The molecule has 0 aromatic carbocycles. The van der Waals surface area contributed by atoms with Gasteiger partial charge in [-0.3, -0.25) is 14.4 Å². The number of carbonyl (C=O) groups is 1. The molecule has 0 bridgehead atoms. The number of carbonyl (C=O) groups excluding carboxylic acids is 1. The Morgan fingerprint density at radius 3 is 2.75 bits per heavy atom. The van der Waals surface area contributed by atoms with E-state index in [9.17, 15) is 4.79 Å². The Bertz CT molecular complexity index is 505. The van der Waals surface area contributed by atoms with Gasteiger partial charge in [0.1, 0.15) is 11.3 Å². The Labute approximate surface area is 119 Å². The monoisotopic (exact) mass is 278 g/mol. The Kier molecular flexibility index (Phi) is 3.30. The minimum atomic E-state index is -0.156. The molecular weight excluding hydrogens is 256 g/mol. The summed E-state index contributed by atoms with van der Waals surface area (Å²) in [6.45, 7) is 8.42. The zero-order valence-electron chi connectivity index (χ0n) is 12.4. The van der Waals surface area contributed by atoms with Crippen LogP contribution in [0.2, 0.25) is 0 Å². The number of ether oxygens (including phenoxy) is 1. The third-order valence-corrected chi connectivity index (χ3v) is 4.29.